The smallest absolute Gasteiger partial charge is 0.412 e. The third kappa shape index (κ3) is 6.78. The lowest BCUT2D eigenvalue weighted by Crippen LogP contribution is -2.27. The van der Waals surface area contributed by atoms with Gasteiger partial charge in [-0.3, -0.25) is 14.9 Å². The Morgan fingerprint density at radius 3 is 2.00 bits per heavy atom. The topological polar surface area (TPSA) is 84.5 Å². The Morgan fingerprint density at radius 2 is 1.44 bits per heavy atom. The van der Waals surface area contributed by atoms with Crippen molar-refractivity contribution in [2.75, 3.05) is 10.6 Å². The minimum Gasteiger partial charge on any atom is -0.444 e. The van der Waals surface area contributed by atoms with Crippen LogP contribution in [0.1, 0.15) is 36.7 Å². The number of ether oxygens (including phenoxy) is 1. The van der Waals surface area contributed by atoms with Crippen molar-refractivity contribution in [2.24, 2.45) is 0 Å². The molecule has 0 unspecified atom stereocenters. The van der Waals surface area contributed by atoms with Crippen LogP contribution in [0.3, 0.4) is 0 Å². The second kappa shape index (κ2) is 8.80. The van der Waals surface area contributed by atoms with Gasteiger partial charge in [-0.25, -0.2) is 4.79 Å². The monoisotopic (exact) mass is 366 g/mol. The van der Waals surface area contributed by atoms with E-state index in [1.165, 1.54) is 6.08 Å². The van der Waals surface area contributed by atoms with Gasteiger partial charge < -0.3 is 10.1 Å². The fourth-order valence-electron chi connectivity index (χ4n) is 2.15. The van der Waals surface area contributed by atoms with E-state index >= 15 is 0 Å². The van der Waals surface area contributed by atoms with Gasteiger partial charge in [0.1, 0.15) is 11.9 Å². The van der Waals surface area contributed by atoms with E-state index in [9.17, 15) is 14.4 Å². The number of carbonyl (C=O) groups is 3. The van der Waals surface area contributed by atoms with Crippen molar-refractivity contribution in [3.63, 3.8) is 0 Å². The molecule has 2 N–H and O–H groups in total. The van der Waals surface area contributed by atoms with E-state index in [2.05, 4.69) is 10.6 Å². The molecular formula is C21H22N2O4. The molecule has 0 spiro atoms. The van der Waals surface area contributed by atoms with Gasteiger partial charge in [-0.15, -0.1) is 0 Å². The highest BCUT2D eigenvalue weighted by Crippen LogP contribution is 2.22. The van der Waals surface area contributed by atoms with E-state index in [0.29, 0.717) is 16.9 Å². The van der Waals surface area contributed by atoms with Crippen LogP contribution >= 0.6 is 0 Å². The van der Waals surface area contributed by atoms with Crippen LogP contribution in [0, 0.1) is 0 Å². The lowest BCUT2D eigenvalue weighted by Gasteiger charge is -2.20. The van der Waals surface area contributed by atoms with E-state index in [1.54, 1.807) is 75.4 Å². The summed E-state index contributed by atoms with van der Waals surface area (Å²) in [6.07, 6.45) is 3.16. The molecule has 0 aliphatic heterocycles. The summed E-state index contributed by atoms with van der Waals surface area (Å²) in [5.41, 5.74) is 1.62. The first kappa shape index (κ1) is 19.9. The highest BCUT2D eigenvalue weighted by molar-refractivity contribution is 6.05. The molecule has 0 radical (unpaired) electrons. The number of hydrogen-bond acceptors (Lipinski definition) is 4. The average molecular weight is 366 g/mol. The number of aldehydes is 1. The molecule has 0 saturated heterocycles. The van der Waals surface area contributed by atoms with Gasteiger partial charge in [0.15, 0.2) is 0 Å². The van der Waals surface area contributed by atoms with Crippen LogP contribution in [0.4, 0.5) is 16.2 Å². The zero-order valence-corrected chi connectivity index (χ0v) is 15.5. The van der Waals surface area contributed by atoms with Gasteiger partial charge >= 0.3 is 6.09 Å². The Kier molecular flexibility index (Phi) is 6.49. The van der Waals surface area contributed by atoms with Crippen LogP contribution in [-0.2, 0) is 9.53 Å². The van der Waals surface area contributed by atoms with Crippen LogP contribution in [-0.4, -0.2) is 23.9 Å². The van der Waals surface area contributed by atoms with Gasteiger partial charge in [0, 0.05) is 11.6 Å². The van der Waals surface area contributed by atoms with Gasteiger partial charge in [-0.1, -0.05) is 36.4 Å². The van der Waals surface area contributed by atoms with Gasteiger partial charge in [0.2, 0.25) is 5.91 Å². The summed E-state index contributed by atoms with van der Waals surface area (Å²) in [6.45, 7) is 5.31. The molecule has 0 saturated carbocycles. The van der Waals surface area contributed by atoms with Crippen molar-refractivity contribution in [3.05, 3.63) is 65.7 Å². The number of hydrogen-bond donors (Lipinski definition) is 2. The minimum atomic E-state index is -0.621. The molecule has 0 aliphatic rings. The molecular weight excluding hydrogens is 344 g/mol. The molecule has 2 aromatic carbocycles. The lowest BCUT2D eigenvalue weighted by molar-refractivity contribution is -0.111. The maximum absolute atomic E-state index is 12.2. The predicted octanol–water partition coefficient (Wildman–Crippen LogP) is 4.50. The van der Waals surface area contributed by atoms with E-state index in [4.69, 9.17) is 4.74 Å². The quantitative estimate of drug-likeness (QED) is 0.603. The van der Waals surface area contributed by atoms with Crippen molar-refractivity contribution in [1.29, 1.82) is 0 Å². The van der Waals surface area contributed by atoms with E-state index < -0.39 is 11.7 Å². The van der Waals surface area contributed by atoms with Crippen LogP contribution in [0.2, 0.25) is 0 Å². The van der Waals surface area contributed by atoms with Gasteiger partial charge in [0.25, 0.3) is 0 Å². The predicted molar refractivity (Wildman–Crippen MR) is 106 cm³/mol. The molecule has 2 rings (SSSR count). The molecule has 0 aliphatic carbocycles. The van der Waals surface area contributed by atoms with Crippen LogP contribution in [0.25, 0.3) is 6.08 Å². The van der Waals surface area contributed by atoms with Crippen molar-refractivity contribution >= 4 is 35.7 Å². The highest BCUT2D eigenvalue weighted by atomic mass is 16.6. The number of anilines is 2. The maximum Gasteiger partial charge on any atom is 0.412 e. The first-order chi connectivity index (χ1) is 12.8. The van der Waals surface area contributed by atoms with E-state index in [0.717, 1.165) is 11.8 Å². The Bertz CT molecular complexity index is 849. The lowest BCUT2D eigenvalue weighted by atomic mass is 10.1. The fraction of sp³-hybridized carbons (Fsp3) is 0.190. The fourth-order valence-corrected chi connectivity index (χ4v) is 2.15. The molecule has 140 valence electrons. The summed E-state index contributed by atoms with van der Waals surface area (Å²) < 4.78 is 5.22. The van der Waals surface area contributed by atoms with Crippen LogP contribution in [0.5, 0.6) is 0 Å². The zero-order valence-electron chi connectivity index (χ0n) is 15.5. The van der Waals surface area contributed by atoms with Gasteiger partial charge in [-0.2, -0.15) is 0 Å². The Hall–Kier alpha value is -3.41. The number of nitrogens with one attached hydrogen (secondary N) is 2. The van der Waals surface area contributed by atoms with E-state index in [1.807, 2.05) is 0 Å². The van der Waals surface area contributed by atoms with Crippen molar-refractivity contribution < 1.29 is 19.1 Å². The second-order valence-electron chi connectivity index (χ2n) is 6.78. The molecule has 0 bridgehead atoms. The summed E-state index contributed by atoms with van der Waals surface area (Å²) in [6, 6.07) is 13.7. The Labute approximate surface area is 158 Å². The van der Waals surface area contributed by atoms with Crippen molar-refractivity contribution in [3.8, 4) is 0 Å². The number of carbonyl (C=O) groups excluding carboxylic acids is 3. The van der Waals surface area contributed by atoms with Crippen LogP contribution < -0.4 is 10.6 Å². The highest BCUT2D eigenvalue weighted by Gasteiger charge is 2.17. The molecule has 0 heterocycles. The molecule has 0 fully saturated rings. The second-order valence-corrected chi connectivity index (χ2v) is 6.78. The maximum atomic E-state index is 12.2. The molecule has 2 amide bonds. The summed E-state index contributed by atoms with van der Waals surface area (Å²) in [4.78, 5) is 34.8. The van der Waals surface area contributed by atoms with Crippen molar-refractivity contribution in [1.82, 2.24) is 0 Å². The van der Waals surface area contributed by atoms with Crippen LogP contribution in [0.15, 0.2) is 54.6 Å². The first-order valence-electron chi connectivity index (χ1n) is 8.40. The third-order valence-electron chi connectivity index (χ3n) is 3.32. The summed E-state index contributed by atoms with van der Waals surface area (Å²) in [5.74, 6) is -0.354. The number of amides is 2. The SMILES string of the molecule is CC(C)(C)OC(=O)Nc1ccccc1NC(=O)/C=C/c1ccc(C=O)cc1. The largest absolute Gasteiger partial charge is 0.444 e. The molecule has 0 aromatic heterocycles. The molecule has 6 nitrogen and oxygen atoms in total. The number of benzene rings is 2. The Balaban J connectivity index is 2.03. The first-order valence-corrected chi connectivity index (χ1v) is 8.40. The Morgan fingerprint density at radius 1 is 0.889 bits per heavy atom. The number of para-hydroxylation sites is 2. The minimum absolute atomic E-state index is 0.354. The summed E-state index contributed by atoms with van der Waals surface area (Å²) in [7, 11) is 0. The summed E-state index contributed by atoms with van der Waals surface area (Å²) in [5, 5.41) is 5.35. The summed E-state index contributed by atoms with van der Waals surface area (Å²) >= 11 is 0. The molecule has 27 heavy (non-hydrogen) atoms. The molecule has 0 atom stereocenters. The average Bonchev–Trinajstić information content (AvgIpc) is 2.60. The molecule has 6 heteroatoms. The molecule has 2 aromatic rings. The van der Waals surface area contributed by atoms with E-state index in [-0.39, 0.29) is 5.91 Å². The number of rotatable bonds is 5. The van der Waals surface area contributed by atoms with Gasteiger partial charge in [0.05, 0.1) is 11.4 Å². The normalized spacial score (nSPS) is 11.1. The standard InChI is InChI=1S/C21H22N2O4/c1-21(2,3)27-20(26)23-18-7-5-4-6-17(18)22-19(25)13-12-15-8-10-16(14-24)11-9-15/h4-14H,1-3H3,(H,22,25)(H,23,26)/b13-12+. The van der Waals surface area contributed by atoms with Gasteiger partial charge in [-0.05, 0) is 44.5 Å². The van der Waals surface area contributed by atoms with Crippen molar-refractivity contribution in [2.45, 2.75) is 26.4 Å². The zero-order chi connectivity index (χ0) is 19.9. The third-order valence-corrected chi connectivity index (χ3v) is 3.32.